The van der Waals surface area contributed by atoms with Crippen LogP contribution in [0.1, 0.15) is 31.1 Å². The molecule has 2 aromatic rings. The molecule has 1 aromatic heterocycles. The number of hydrogen-bond acceptors (Lipinski definition) is 3. The zero-order valence-corrected chi connectivity index (χ0v) is 10.0. The van der Waals surface area contributed by atoms with Crippen LogP contribution in [0.3, 0.4) is 0 Å². The molecular formula is C14H15FN2O. The Bertz CT molecular complexity index is 532. The second-order valence-corrected chi connectivity index (χ2v) is 4.59. The third-order valence-corrected chi connectivity index (χ3v) is 3.39. The van der Waals surface area contributed by atoms with Crippen LogP contribution in [0.4, 0.5) is 4.39 Å². The zero-order valence-electron chi connectivity index (χ0n) is 10.0. The van der Waals surface area contributed by atoms with Gasteiger partial charge in [-0.3, -0.25) is 0 Å². The Morgan fingerprint density at radius 1 is 1.22 bits per heavy atom. The van der Waals surface area contributed by atoms with Crippen LogP contribution in [-0.4, -0.2) is 11.7 Å². The summed E-state index contributed by atoms with van der Waals surface area (Å²) in [5, 5.41) is 7.23. The number of nitrogens with zero attached hydrogens (tertiary/aromatic N) is 1. The smallest absolute Gasteiger partial charge is 0.161 e. The highest BCUT2D eigenvalue weighted by Gasteiger charge is 2.23. The first-order chi connectivity index (χ1) is 8.86. The number of halogens is 1. The van der Waals surface area contributed by atoms with E-state index in [1.165, 1.54) is 12.5 Å². The van der Waals surface area contributed by atoms with Crippen molar-refractivity contribution in [2.75, 3.05) is 6.54 Å². The van der Waals surface area contributed by atoms with Crippen molar-refractivity contribution < 1.29 is 8.91 Å². The van der Waals surface area contributed by atoms with Crippen LogP contribution in [0, 0.1) is 5.82 Å². The summed E-state index contributed by atoms with van der Waals surface area (Å²) in [6.45, 7) is 0.974. The number of rotatable bonds is 2. The molecule has 0 aliphatic carbocycles. The predicted octanol–water partition coefficient (Wildman–Crippen LogP) is 3.30. The summed E-state index contributed by atoms with van der Waals surface area (Å²) in [5.74, 6) is 0.512. The lowest BCUT2D eigenvalue weighted by Gasteiger charge is -2.21. The third kappa shape index (κ3) is 2.04. The van der Waals surface area contributed by atoms with E-state index in [0.29, 0.717) is 5.56 Å². The molecule has 0 radical (unpaired) electrons. The average Bonchev–Trinajstić information content (AvgIpc) is 2.89. The molecule has 1 aliphatic rings. The molecule has 0 saturated carbocycles. The van der Waals surface area contributed by atoms with E-state index >= 15 is 0 Å². The molecule has 0 bridgehead atoms. The van der Waals surface area contributed by atoms with Gasteiger partial charge in [0, 0.05) is 11.1 Å². The first kappa shape index (κ1) is 11.4. The lowest BCUT2D eigenvalue weighted by Crippen LogP contribution is -2.26. The molecule has 1 unspecified atom stereocenters. The lowest BCUT2D eigenvalue weighted by molar-refractivity contribution is 0.305. The van der Waals surface area contributed by atoms with Crippen molar-refractivity contribution in [3.8, 4) is 11.1 Å². The minimum absolute atomic E-state index is 0.149. The van der Waals surface area contributed by atoms with Gasteiger partial charge in [0.25, 0.3) is 0 Å². The van der Waals surface area contributed by atoms with Crippen molar-refractivity contribution in [1.82, 2.24) is 10.5 Å². The van der Waals surface area contributed by atoms with Gasteiger partial charge in [-0.15, -0.1) is 0 Å². The van der Waals surface area contributed by atoms with Gasteiger partial charge in [0.05, 0.1) is 12.2 Å². The van der Waals surface area contributed by atoms with Crippen molar-refractivity contribution in [3.63, 3.8) is 0 Å². The highest BCUT2D eigenvalue weighted by Crippen LogP contribution is 2.33. The highest BCUT2D eigenvalue weighted by molar-refractivity contribution is 5.65. The Labute approximate surface area is 105 Å². The lowest BCUT2D eigenvalue weighted by atomic mass is 9.97. The Hall–Kier alpha value is -1.68. The zero-order chi connectivity index (χ0) is 12.4. The summed E-state index contributed by atoms with van der Waals surface area (Å²) in [6.07, 6.45) is 4.95. The molecule has 3 nitrogen and oxygen atoms in total. The van der Waals surface area contributed by atoms with Crippen LogP contribution < -0.4 is 5.32 Å². The van der Waals surface area contributed by atoms with Crippen LogP contribution in [0.15, 0.2) is 35.0 Å². The fourth-order valence-corrected chi connectivity index (χ4v) is 2.46. The van der Waals surface area contributed by atoms with Gasteiger partial charge in [-0.2, -0.15) is 0 Å². The number of aromatic nitrogens is 1. The molecule has 1 saturated heterocycles. The number of benzene rings is 1. The maximum atomic E-state index is 13.8. The average molecular weight is 246 g/mol. The van der Waals surface area contributed by atoms with Crippen LogP contribution in [0.5, 0.6) is 0 Å². The Morgan fingerprint density at radius 3 is 2.89 bits per heavy atom. The summed E-state index contributed by atoms with van der Waals surface area (Å²) in [6, 6.07) is 6.87. The van der Waals surface area contributed by atoms with Gasteiger partial charge in [-0.1, -0.05) is 29.8 Å². The maximum Gasteiger partial charge on any atom is 0.161 e. The monoisotopic (exact) mass is 246 g/mol. The van der Waals surface area contributed by atoms with Crippen molar-refractivity contribution >= 4 is 0 Å². The SMILES string of the molecule is Fc1ccccc1-c1cnoc1C1CCCCN1. The second kappa shape index (κ2) is 4.90. The number of nitrogens with one attached hydrogen (secondary N) is 1. The Morgan fingerprint density at radius 2 is 2.11 bits per heavy atom. The highest BCUT2D eigenvalue weighted by atomic mass is 19.1. The molecular weight excluding hydrogens is 231 g/mol. The van der Waals surface area contributed by atoms with Gasteiger partial charge in [-0.25, -0.2) is 4.39 Å². The van der Waals surface area contributed by atoms with Crippen molar-refractivity contribution in [3.05, 3.63) is 42.0 Å². The predicted molar refractivity (Wildman–Crippen MR) is 66.5 cm³/mol. The van der Waals surface area contributed by atoms with Crippen LogP contribution >= 0.6 is 0 Å². The number of hydrogen-bond donors (Lipinski definition) is 1. The first-order valence-corrected chi connectivity index (χ1v) is 6.29. The van der Waals surface area contributed by atoms with Gasteiger partial charge in [0.2, 0.25) is 0 Å². The van der Waals surface area contributed by atoms with E-state index in [0.717, 1.165) is 30.7 Å². The largest absolute Gasteiger partial charge is 0.359 e. The first-order valence-electron chi connectivity index (χ1n) is 6.29. The normalized spacial score (nSPS) is 19.9. The van der Waals surface area contributed by atoms with Gasteiger partial charge < -0.3 is 9.84 Å². The van der Waals surface area contributed by atoms with E-state index < -0.39 is 0 Å². The van der Waals surface area contributed by atoms with E-state index in [9.17, 15) is 4.39 Å². The Kier molecular flexibility index (Phi) is 3.11. The maximum absolute atomic E-state index is 13.8. The van der Waals surface area contributed by atoms with Crippen LogP contribution in [0.2, 0.25) is 0 Å². The molecule has 94 valence electrons. The van der Waals surface area contributed by atoms with E-state index in [1.54, 1.807) is 18.3 Å². The van der Waals surface area contributed by atoms with Crippen molar-refractivity contribution in [1.29, 1.82) is 0 Å². The fraction of sp³-hybridized carbons (Fsp3) is 0.357. The van der Waals surface area contributed by atoms with Crippen molar-refractivity contribution in [2.45, 2.75) is 25.3 Å². The van der Waals surface area contributed by atoms with Crippen LogP contribution in [0.25, 0.3) is 11.1 Å². The van der Waals surface area contributed by atoms with E-state index in [2.05, 4.69) is 10.5 Å². The minimum atomic E-state index is -0.238. The summed E-state index contributed by atoms with van der Waals surface area (Å²) in [4.78, 5) is 0. The molecule has 0 amide bonds. The molecule has 1 fully saturated rings. The van der Waals surface area contributed by atoms with E-state index in [4.69, 9.17) is 4.52 Å². The van der Waals surface area contributed by atoms with Gasteiger partial charge in [-0.05, 0) is 25.5 Å². The molecule has 1 aliphatic heterocycles. The second-order valence-electron chi connectivity index (χ2n) is 4.59. The van der Waals surface area contributed by atoms with E-state index in [1.807, 2.05) is 6.07 Å². The topological polar surface area (TPSA) is 38.1 Å². The quantitative estimate of drug-likeness (QED) is 0.883. The van der Waals surface area contributed by atoms with Crippen LogP contribution in [-0.2, 0) is 0 Å². The summed E-state index contributed by atoms with van der Waals surface area (Å²) >= 11 is 0. The molecule has 0 spiro atoms. The Balaban J connectivity index is 1.98. The summed E-state index contributed by atoms with van der Waals surface area (Å²) < 4.78 is 19.1. The molecule has 1 N–H and O–H groups in total. The van der Waals surface area contributed by atoms with Gasteiger partial charge in [0.1, 0.15) is 5.82 Å². The number of piperidine rings is 1. The molecule has 2 heterocycles. The van der Waals surface area contributed by atoms with Gasteiger partial charge >= 0.3 is 0 Å². The fourth-order valence-electron chi connectivity index (χ4n) is 2.46. The summed E-state index contributed by atoms with van der Waals surface area (Å²) in [7, 11) is 0. The molecule has 3 rings (SSSR count). The third-order valence-electron chi connectivity index (χ3n) is 3.39. The minimum Gasteiger partial charge on any atom is -0.359 e. The van der Waals surface area contributed by atoms with E-state index in [-0.39, 0.29) is 11.9 Å². The van der Waals surface area contributed by atoms with Gasteiger partial charge in [0.15, 0.2) is 5.76 Å². The molecule has 18 heavy (non-hydrogen) atoms. The van der Waals surface area contributed by atoms with Crippen molar-refractivity contribution in [2.24, 2.45) is 0 Å². The molecule has 4 heteroatoms. The molecule has 1 atom stereocenters. The summed E-state index contributed by atoms with van der Waals surface area (Å²) in [5.41, 5.74) is 1.31. The molecule has 1 aromatic carbocycles. The standard InChI is InChI=1S/C14H15FN2O/c15-12-6-2-1-5-10(12)11-9-17-18-14(11)13-7-3-4-8-16-13/h1-2,5-6,9,13,16H,3-4,7-8H2.